The van der Waals surface area contributed by atoms with E-state index in [1.807, 2.05) is 13.8 Å². The van der Waals surface area contributed by atoms with Gasteiger partial charge in [-0.05, 0) is 25.0 Å². The largest absolute Gasteiger partial charge is 0.480 e. The molecule has 4 N–H and O–H groups in total. The van der Waals surface area contributed by atoms with Gasteiger partial charge in [0.05, 0.1) is 17.1 Å². The van der Waals surface area contributed by atoms with Crippen LogP contribution in [0.2, 0.25) is 0 Å². The maximum Gasteiger partial charge on any atom is 0.320 e. The summed E-state index contributed by atoms with van der Waals surface area (Å²) in [5, 5.41) is 25.3. The monoisotopic (exact) mass is 381 g/mol. The molecule has 0 radical (unpaired) electrons. The van der Waals surface area contributed by atoms with Crippen LogP contribution in [-0.4, -0.2) is 47.1 Å². The molecule has 0 amide bonds. The Hall–Kier alpha value is -2.30. The summed E-state index contributed by atoms with van der Waals surface area (Å²) in [6.07, 6.45) is 1.75. The molecular formula is C16H23N5O4S. The standard InChI is InChI=1S/C16H23N5O4S/c1-10(2)15(8-18-11(3)16(22)23)21-9-14(19-20-21)12-4-6-13(7-5-12)26(17,24)25/h4-7,9-11,15,18H,8H2,1-3H3,(H,22,23)(H2,17,24,25)/t11?,15-/m1/s1. The Morgan fingerprint density at radius 1 is 1.27 bits per heavy atom. The minimum absolute atomic E-state index is 0.0283. The number of carboxylic acids is 1. The molecule has 0 aliphatic heterocycles. The fraction of sp³-hybridized carbons (Fsp3) is 0.438. The number of sulfonamides is 1. The van der Waals surface area contributed by atoms with E-state index in [2.05, 4.69) is 15.6 Å². The zero-order chi connectivity index (χ0) is 19.5. The van der Waals surface area contributed by atoms with Gasteiger partial charge in [-0.3, -0.25) is 4.79 Å². The SMILES string of the molecule is CC(NC[C@H](C(C)C)n1cc(-c2ccc(S(N)(=O)=O)cc2)nn1)C(=O)O. The molecule has 1 heterocycles. The Morgan fingerprint density at radius 2 is 1.88 bits per heavy atom. The number of hydrogen-bond acceptors (Lipinski definition) is 6. The molecule has 10 heteroatoms. The van der Waals surface area contributed by atoms with E-state index in [1.165, 1.54) is 12.1 Å². The molecule has 0 bridgehead atoms. The summed E-state index contributed by atoms with van der Waals surface area (Å²) in [7, 11) is -3.74. The maximum absolute atomic E-state index is 11.3. The second-order valence-corrected chi connectivity index (χ2v) is 7.99. The molecule has 2 atom stereocenters. The maximum atomic E-state index is 11.3. The molecule has 0 aliphatic rings. The van der Waals surface area contributed by atoms with Crippen molar-refractivity contribution in [2.75, 3.05) is 6.54 Å². The minimum atomic E-state index is -3.74. The van der Waals surface area contributed by atoms with Gasteiger partial charge in [0.15, 0.2) is 0 Å². The van der Waals surface area contributed by atoms with Crippen molar-refractivity contribution >= 4 is 16.0 Å². The van der Waals surface area contributed by atoms with Crippen molar-refractivity contribution in [2.24, 2.45) is 11.1 Å². The van der Waals surface area contributed by atoms with Crippen LogP contribution in [0.25, 0.3) is 11.3 Å². The molecular weight excluding hydrogens is 358 g/mol. The lowest BCUT2D eigenvalue weighted by molar-refractivity contribution is -0.139. The van der Waals surface area contributed by atoms with E-state index in [-0.39, 0.29) is 16.9 Å². The van der Waals surface area contributed by atoms with Crippen molar-refractivity contribution in [3.63, 3.8) is 0 Å². The van der Waals surface area contributed by atoms with E-state index in [1.54, 1.807) is 29.9 Å². The van der Waals surface area contributed by atoms with E-state index in [9.17, 15) is 13.2 Å². The van der Waals surface area contributed by atoms with Gasteiger partial charge in [-0.2, -0.15) is 0 Å². The first-order valence-electron chi connectivity index (χ1n) is 8.11. The van der Waals surface area contributed by atoms with Crippen molar-refractivity contribution in [1.82, 2.24) is 20.3 Å². The van der Waals surface area contributed by atoms with Gasteiger partial charge in [-0.1, -0.05) is 31.2 Å². The lowest BCUT2D eigenvalue weighted by Gasteiger charge is -2.22. The average molecular weight is 381 g/mol. The predicted octanol–water partition coefficient (Wildman–Crippen LogP) is 0.852. The zero-order valence-electron chi connectivity index (χ0n) is 14.8. The first-order valence-corrected chi connectivity index (χ1v) is 9.65. The van der Waals surface area contributed by atoms with Crippen LogP contribution in [0, 0.1) is 5.92 Å². The molecule has 0 fully saturated rings. The van der Waals surface area contributed by atoms with Crippen molar-refractivity contribution in [3.05, 3.63) is 30.5 Å². The highest BCUT2D eigenvalue weighted by Gasteiger charge is 2.20. The summed E-state index contributed by atoms with van der Waals surface area (Å²) in [4.78, 5) is 11.0. The van der Waals surface area contributed by atoms with Gasteiger partial charge in [-0.25, -0.2) is 18.2 Å². The highest BCUT2D eigenvalue weighted by atomic mass is 32.2. The summed E-state index contributed by atoms with van der Waals surface area (Å²) >= 11 is 0. The third-order valence-electron chi connectivity index (χ3n) is 4.10. The minimum Gasteiger partial charge on any atom is -0.480 e. The molecule has 0 spiro atoms. The molecule has 142 valence electrons. The van der Waals surface area contributed by atoms with Crippen LogP contribution in [0.5, 0.6) is 0 Å². The number of hydrogen-bond donors (Lipinski definition) is 3. The second kappa shape index (κ2) is 7.94. The smallest absolute Gasteiger partial charge is 0.320 e. The molecule has 0 aliphatic carbocycles. The van der Waals surface area contributed by atoms with E-state index < -0.39 is 22.0 Å². The van der Waals surface area contributed by atoms with Gasteiger partial charge in [0.1, 0.15) is 11.7 Å². The van der Waals surface area contributed by atoms with Crippen LogP contribution in [0.3, 0.4) is 0 Å². The number of aliphatic carboxylic acids is 1. The van der Waals surface area contributed by atoms with Gasteiger partial charge in [0.2, 0.25) is 10.0 Å². The third-order valence-corrected chi connectivity index (χ3v) is 5.03. The van der Waals surface area contributed by atoms with E-state index >= 15 is 0 Å². The second-order valence-electron chi connectivity index (χ2n) is 6.43. The van der Waals surface area contributed by atoms with E-state index in [0.717, 1.165) is 0 Å². The van der Waals surface area contributed by atoms with Gasteiger partial charge in [0, 0.05) is 12.1 Å². The van der Waals surface area contributed by atoms with Gasteiger partial charge >= 0.3 is 5.97 Å². The molecule has 26 heavy (non-hydrogen) atoms. The zero-order valence-corrected chi connectivity index (χ0v) is 15.6. The normalized spacial score (nSPS) is 14.3. The van der Waals surface area contributed by atoms with E-state index in [0.29, 0.717) is 17.8 Å². The summed E-state index contributed by atoms with van der Waals surface area (Å²) in [5.74, 6) is -0.718. The van der Waals surface area contributed by atoms with Gasteiger partial charge in [0.25, 0.3) is 0 Å². The number of primary sulfonamides is 1. The Balaban J connectivity index is 2.19. The lowest BCUT2D eigenvalue weighted by Crippen LogP contribution is -2.39. The summed E-state index contributed by atoms with van der Waals surface area (Å²) in [6.45, 7) is 6.04. The average Bonchev–Trinajstić information content (AvgIpc) is 3.03. The number of nitrogens with two attached hydrogens (primary N) is 1. The summed E-state index contributed by atoms with van der Waals surface area (Å²) < 4.78 is 24.3. The Bertz CT molecular complexity index is 861. The molecule has 1 aromatic heterocycles. The molecule has 1 unspecified atom stereocenters. The van der Waals surface area contributed by atoms with Crippen LogP contribution in [0.15, 0.2) is 35.4 Å². The quantitative estimate of drug-likeness (QED) is 0.616. The Labute approximate surface area is 152 Å². The summed E-state index contributed by atoms with van der Waals surface area (Å²) in [6, 6.07) is 5.32. The number of aromatic nitrogens is 3. The topological polar surface area (TPSA) is 140 Å². The number of nitrogens with zero attached hydrogens (tertiary/aromatic N) is 3. The number of benzene rings is 1. The van der Waals surface area contributed by atoms with Crippen molar-refractivity contribution in [1.29, 1.82) is 0 Å². The fourth-order valence-electron chi connectivity index (χ4n) is 2.41. The molecule has 2 rings (SSSR count). The number of nitrogens with one attached hydrogen (secondary N) is 1. The van der Waals surface area contributed by atoms with Crippen LogP contribution in [0.1, 0.15) is 26.8 Å². The molecule has 1 aromatic carbocycles. The Morgan fingerprint density at radius 3 is 2.38 bits per heavy atom. The number of rotatable bonds is 8. The highest BCUT2D eigenvalue weighted by Crippen LogP contribution is 2.22. The molecule has 0 saturated heterocycles. The van der Waals surface area contributed by atoms with Crippen molar-refractivity contribution in [2.45, 2.75) is 37.8 Å². The van der Waals surface area contributed by atoms with Gasteiger partial charge < -0.3 is 10.4 Å². The predicted molar refractivity (Wildman–Crippen MR) is 95.8 cm³/mol. The van der Waals surface area contributed by atoms with Gasteiger partial charge in [-0.15, -0.1) is 5.10 Å². The summed E-state index contributed by atoms with van der Waals surface area (Å²) in [5.41, 5.74) is 1.29. The van der Waals surface area contributed by atoms with Crippen LogP contribution >= 0.6 is 0 Å². The fourth-order valence-corrected chi connectivity index (χ4v) is 2.92. The molecule has 0 saturated carbocycles. The first-order chi connectivity index (χ1) is 12.1. The van der Waals surface area contributed by atoms with Crippen LogP contribution < -0.4 is 10.5 Å². The van der Waals surface area contributed by atoms with E-state index in [4.69, 9.17) is 10.2 Å². The highest BCUT2D eigenvalue weighted by molar-refractivity contribution is 7.89. The van der Waals surface area contributed by atoms with Crippen molar-refractivity contribution < 1.29 is 18.3 Å². The first kappa shape index (κ1) is 20.0. The Kier molecular flexibility index (Phi) is 6.11. The lowest BCUT2D eigenvalue weighted by atomic mass is 10.0. The van der Waals surface area contributed by atoms with Crippen molar-refractivity contribution in [3.8, 4) is 11.3 Å². The molecule has 2 aromatic rings. The van der Waals surface area contributed by atoms with Crippen LogP contribution in [-0.2, 0) is 14.8 Å². The third kappa shape index (κ3) is 4.87. The number of carboxylic acid groups (broad SMARTS) is 1. The number of carbonyl (C=O) groups is 1. The van der Waals surface area contributed by atoms with Crippen LogP contribution in [0.4, 0.5) is 0 Å². The molecule has 9 nitrogen and oxygen atoms in total.